The number of nitrogens with zero attached hydrogens (tertiary/aromatic N) is 2. The van der Waals surface area contributed by atoms with Gasteiger partial charge in [0.2, 0.25) is 5.91 Å². The molecular weight excluding hydrogens is 341 g/mol. The largest absolute Gasteiger partial charge is 0.368 e. The maximum absolute atomic E-state index is 13.7. The Morgan fingerprint density at radius 1 is 1.22 bits per heavy atom. The van der Waals surface area contributed by atoms with Gasteiger partial charge in [-0.15, -0.1) is 0 Å². The summed E-state index contributed by atoms with van der Waals surface area (Å²) in [6.07, 6.45) is 1.75. The molecule has 0 aliphatic carbocycles. The lowest BCUT2D eigenvalue weighted by Gasteiger charge is -2.23. The summed E-state index contributed by atoms with van der Waals surface area (Å²) in [6.45, 7) is 3.47. The van der Waals surface area contributed by atoms with Crippen molar-refractivity contribution in [3.63, 3.8) is 0 Å². The molecule has 1 fully saturated rings. The van der Waals surface area contributed by atoms with Gasteiger partial charge < -0.3 is 5.73 Å². The van der Waals surface area contributed by atoms with E-state index in [0.29, 0.717) is 12.1 Å². The highest BCUT2D eigenvalue weighted by molar-refractivity contribution is 5.84. The lowest BCUT2D eigenvalue weighted by Crippen LogP contribution is -2.39. The fourth-order valence-corrected chi connectivity index (χ4v) is 3.82. The van der Waals surface area contributed by atoms with Gasteiger partial charge in [-0.25, -0.2) is 9.37 Å². The Labute approximate surface area is 157 Å². The van der Waals surface area contributed by atoms with Crippen molar-refractivity contribution in [2.75, 3.05) is 6.54 Å². The number of carbonyl (C=O) groups is 1. The Balaban J connectivity index is 1.81. The van der Waals surface area contributed by atoms with Gasteiger partial charge in [0.1, 0.15) is 5.82 Å². The molecule has 0 bridgehead atoms. The molecule has 0 spiro atoms. The van der Waals surface area contributed by atoms with Gasteiger partial charge >= 0.3 is 0 Å². The number of amides is 1. The Kier molecular flexibility index (Phi) is 4.62. The summed E-state index contributed by atoms with van der Waals surface area (Å²) in [6, 6.07) is 14.6. The highest BCUT2D eigenvalue weighted by atomic mass is 19.1. The van der Waals surface area contributed by atoms with Gasteiger partial charge in [-0.05, 0) is 50.1 Å². The van der Waals surface area contributed by atoms with Crippen molar-refractivity contribution in [3.8, 4) is 11.3 Å². The van der Waals surface area contributed by atoms with Crippen LogP contribution in [0.2, 0.25) is 0 Å². The van der Waals surface area contributed by atoms with E-state index in [0.717, 1.165) is 41.6 Å². The highest BCUT2D eigenvalue weighted by Gasteiger charge is 2.29. The van der Waals surface area contributed by atoms with E-state index in [2.05, 4.69) is 4.90 Å². The first-order valence-electron chi connectivity index (χ1n) is 9.21. The first-order chi connectivity index (χ1) is 13.0. The number of aryl methyl sites for hydroxylation is 1. The summed E-state index contributed by atoms with van der Waals surface area (Å²) in [4.78, 5) is 18.7. The van der Waals surface area contributed by atoms with Crippen molar-refractivity contribution in [1.82, 2.24) is 9.88 Å². The van der Waals surface area contributed by atoms with E-state index in [1.807, 2.05) is 37.3 Å². The molecule has 2 heterocycles. The number of likely N-dealkylation sites (tertiary alicyclic amines) is 1. The molecule has 27 heavy (non-hydrogen) atoms. The van der Waals surface area contributed by atoms with Crippen molar-refractivity contribution in [1.29, 1.82) is 0 Å². The maximum atomic E-state index is 13.7. The Morgan fingerprint density at radius 2 is 2.00 bits per heavy atom. The molecule has 4 nitrogen and oxygen atoms in total. The summed E-state index contributed by atoms with van der Waals surface area (Å²) < 4.78 is 13.7. The molecule has 1 saturated heterocycles. The number of primary amides is 1. The first kappa shape index (κ1) is 17.6. The SMILES string of the molecule is Cc1ccc(-c2nc3cc(F)ccc3cc2CN2CCC[C@H]2C(N)=O)cc1. The van der Waals surface area contributed by atoms with Gasteiger partial charge in [0.05, 0.1) is 17.3 Å². The molecule has 5 heteroatoms. The van der Waals surface area contributed by atoms with E-state index in [4.69, 9.17) is 10.7 Å². The molecule has 1 aliphatic rings. The second-order valence-electron chi connectivity index (χ2n) is 7.23. The number of nitrogens with two attached hydrogens (primary N) is 1. The monoisotopic (exact) mass is 363 g/mol. The number of hydrogen-bond donors (Lipinski definition) is 1. The molecule has 138 valence electrons. The van der Waals surface area contributed by atoms with Crippen LogP contribution in [0.1, 0.15) is 24.0 Å². The standard InChI is InChI=1S/C22H22FN3O/c1-14-4-6-15(7-5-14)21-17(13-26-10-2-3-20(26)22(24)27)11-16-8-9-18(23)12-19(16)25-21/h4-9,11-12,20H,2-3,10,13H2,1H3,(H2,24,27)/t20-/m0/s1. The number of rotatable bonds is 4. The average Bonchev–Trinajstić information content (AvgIpc) is 3.11. The van der Waals surface area contributed by atoms with E-state index in [1.54, 1.807) is 6.07 Å². The number of halogens is 1. The van der Waals surface area contributed by atoms with Crippen LogP contribution in [0.25, 0.3) is 22.2 Å². The van der Waals surface area contributed by atoms with Crippen LogP contribution in [0.4, 0.5) is 4.39 Å². The number of benzene rings is 2. The number of carbonyl (C=O) groups excluding carboxylic acids is 1. The molecule has 1 atom stereocenters. The van der Waals surface area contributed by atoms with Crippen molar-refractivity contribution in [2.45, 2.75) is 32.4 Å². The van der Waals surface area contributed by atoms with Crippen molar-refractivity contribution in [3.05, 3.63) is 65.5 Å². The minimum Gasteiger partial charge on any atom is -0.368 e. The van der Waals surface area contributed by atoms with Crippen molar-refractivity contribution >= 4 is 16.8 Å². The topological polar surface area (TPSA) is 59.2 Å². The van der Waals surface area contributed by atoms with E-state index in [1.165, 1.54) is 17.7 Å². The third kappa shape index (κ3) is 3.55. The van der Waals surface area contributed by atoms with Crippen LogP contribution < -0.4 is 5.73 Å². The van der Waals surface area contributed by atoms with Crippen molar-refractivity contribution in [2.24, 2.45) is 5.73 Å². The summed E-state index contributed by atoms with van der Waals surface area (Å²) >= 11 is 0. The molecule has 0 unspecified atom stereocenters. The summed E-state index contributed by atoms with van der Waals surface area (Å²) in [5.74, 6) is -0.578. The molecule has 0 radical (unpaired) electrons. The van der Waals surface area contributed by atoms with Crippen LogP contribution >= 0.6 is 0 Å². The lowest BCUT2D eigenvalue weighted by atomic mass is 10.0. The number of aromatic nitrogens is 1. The van der Waals surface area contributed by atoms with E-state index in [-0.39, 0.29) is 17.8 Å². The Bertz CT molecular complexity index is 1000. The third-order valence-corrected chi connectivity index (χ3v) is 5.25. The normalized spacial score (nSPS) is 17.5. The number of fused-ring (bicyclic) bond motifs is 1. The first-order valence-corrected chi connectivity index (χ1v) is 9.21. The predicted molar refractivity (Wildman–Crippen MR) is 105 cm³/mol. The number of pyridine rings is 1. The van der Waals surface area contributed by atoms with E-state index < -0.39 is 0 Å². The van der Waals surface area contributed by atoms with Crippen LogP contribution in [-0.2, 0) is 11.3 Å². The van der Waals surface area contributed by atoms with E-state index >= 15 is 0 Å². The van der Waals surface area contributed by atoms with Crippen LogP contribution in [0.5, 0.6) is 0 Å². The molecule has 0 saturated carbocycles. The van der Waals surface area contributed by atoms with Crippen LogP contribution in [0.3, 0.4) is 0 Å². The third-order valence-electron chi connectivity index (χ3n) is 5.25. The molecule has 1 amide bonds. The zero-order valence-electron chi connectivity index (χ0n) is 15.3. The molecule has 3 aromatic rings. The Morgan fingerprint density at radius 3 is 2.74 bits per heavy atom. The van der Waals surface area contributed by atoms with E-state index in [9.17, 15) is 9.18 Å². The van der Waals surface area contributed by atoms with Crippen molar-refractivity contribution < 1.29 is 9.18 Å². The maximum Gasteiger partial charge on any atom is 0.234 e. The van der Waals surface area contributed by atoms with Gasteiger partial charge in [0, 0.05) is 23.6 Å². The van der Waals surface area contributed by atoms with Gasteiger partial charge in [-0.1, -0.05) is 29.8 Å². The van der Waals surface area contributed by atoms with Crippen LogP contribution in [0, 0.1) is 12.7 Å². The quantitative estimate of drug-likeness (QED) is 0.767. The minimum atomic E-state index is -0.300. The second-order valence-corrected chi connectivity index (χ2v) is 7.23. The second kappa shape index (κ2) is 7.08. The number of hydrogen-bond acceptors (Lipinski definition) is 3. The lowest BCUT2D eigenvalue weighted by molar-refractivity contribution is -0.122. The fraction of sp³-hybridized carbons (Fsp3) is 0.273. The average molecular weight is 363 g/mol. The van der Waals surface area contributed by atoms with Crippen LogP contribution in [-0.4, -0.2) is 28.4 Å². The zero-order chi connectivity index (χ0) is 19.0. The molecule has 4 rings (SSSR count). The summed E-state index contributed by atoms with van der Waals surface area (Å²) in [7, 11) is 0. The highest BCUT2D eigenvalue weighted by Crippen LogP contribution is 2.29. The zero-order valence-corrected chi connectivity index (χ0v) is 15.3. The van der Waals surface area contributed by atoms with Gasteiger partial charge in [-0.2, -0.15) is 0 Å². The molecule has 2 aromatic carbocycles. The van der Waals surface area contributed by atoms with Gasteiger partial charge in [0.25, 0.3) is 0 Å². The Hall–Kier alpha value is -2.79. The summed E-state index contributed by atoms with van der Waals surface area (Å²) in [5.41, 5.74) is 10.2. The predicted octanol–water partition coefficient (Wildman–Crippen LogP) is 3.80. The minimum absolute atomic E-state index is 0.236. The molecular formula is C22H22FN3O. The smallest absolute Gasteiger partial charge is 0.234 e. The van der Waals surface area contributed by atoms with Gasteiger partial charge in [-0.3, -0.25) is 9.69 Å². The molecule has 1 aromatic heterocycles. The van der Waals surface area contributed by atoms with Gasteiger partial charge in [0.15, 0.2) is 0 Å². The molecule has 2 N–H and O–H groups in total. The molecule has 1 aliphatic heterocycles. The van der Waals surface area contributed by atoms with Crippen LogP contribution in [0.15, 0.2) is 48.5 Å². The fourth-order valence-electron chi connectivity index (χ4n) is 3.82. The summed E-state index contributed by atoms with van der Waals surface area (Å²) in [5, 5.41) is 0.886.